The van der Waals surface area contributed by atoms with E-state index in [1.54, 1.807) is 12.1 Å². The number of aliphatic carboxylic acids is 1. The van der Waals surface area contributed by atoms with E-state index in [1.165, 1.54) is 0 Å². The molecule has 6 heteroatoms. The highest BCUT2D eigenvalue weighted by Crippen LogP contribution is 2.18. The average molecular weight is 312 g/mol. The molecule has 0 amide bonds. The van der Waals surface area contributed by atoms with Crippen LogP contribution in [0.2, 0.25) is 5.02 Å². The smallest absolute Gasteiger partial charge is 0.323 e. The van der Waals surface area contributed by atoms with E-state index in [9.17, 15) is 4.79 Å². The SMILES string of the molecule is CN1CCN(CCN(CC(=O)O)c2ccc(Cl)cc2)CC1. The van der Waals surface area contributed by atoms with Crippen LogP contribution in [0.4, 0.5) is 5.69 Å². The number of rotatable bonds is 6. The Hall–Kier alpha value is -1.30. The second-order valence-electron chi connectivity index (χ2n) is 5.44. The van der Waals surface area contributed by atoms with Crippen LogP contribution in [0.5, 0.6) is 0 Å². The molecule has 2 rings (SSSR count). The van der Waals surface area contributed by atoms with E-state index in [0.29, 0.717) is 11.6 Å². The maximum absolute atomic E-state index is 11.1. The topological polar surface area (TPSA) is 47.0 Å². The second-order valence-corrected chi connectivity index (χ2v) is 5.87. The predicted molar refractivity (Wildman–Crippen MR) is 85.2 cm³/mol. The molecule has 0 atom stereocenters. The van der Waals surface area contributed by atoms with E-state index < -0.39 is 5.97 Å². The number of carboxylic acid groups (broad SMARTS) is 1. The first-order chi connectivity index (χ1) is 10.0. The van der Waals surface area contributed by atoms with Crippen LogP contribution in [0.1, 0.15) is 0 Å². The fourth-order valence-corrected chi connectivity index (χ4v) is 2.57. The summed E-state index contributed by atoms with van der Waals surface area (Å²) >= 11 is 5.89. The average Bonchev–Trinajstić information content (AvgIpc) is 2.46. The maximum Gasteiger partial charge on any atom is 0.323 e. The first-order valence-electron chi connectivity index (χ1n) is 7.18. The van der Waals surface area contributed by atoms with Crippen molar-refractivity contribution in [2.75, 3.05) is 57.8 Å². The van der Waals surface area contributed by atoms with E-state index in [0.717, 1.165) is 38.4 Å². The predicted octanol–water partition coefficient (Wildman–Crippen LogP) is 1.48. The first-order valence-corrected chi connectivity index (χ1v) is 7.55. The summed E-state index contributed by atoms with van der Waals surface area (Å²) in [6, 6.07) is 7.33. The molecule has 0 bridgehead atoms. The van der Waals surface area contributed by atoms with Gasteiger partial charge in [-0.1, -0.05) is 11.6 Å². The van der Waals surface area contributed by atoms with E-state index in [4.69, 9.17) is 16.7 Å². The Bertz CT molecular complexity index is 458. The number of likely N-dealkylation sites (N-methyl/N-ethyl adjacent to an activating group) is 1. The molecule has 5 nitrogen and oxygen atoms in total. The van der Waals surface area contributed by atoms with Gasteiger partial charge in [-0.15, -0.1) is 0 Å². The van der Waals surface area contributed by atoms with Crippen molar-refractivity contribution in [1.29, 1.82) is 0 Å². The van der Waals surface area contributed by atoms with Gasteiger partial charge < -0.3 is 14.9 Å². The fourth-order valence-electron chi connectivity index (χ4n) is 2.45. The number of anilines is 1. The molecule has 1 aliphatic rings. The van der Waals surface area contributed by atoms with Gasteiger partial charge in [0.2, 0.25) is 0 Å². The molecule has 0 spiro atoms. The lowest BCUT2D eigenvalue weighted by atomic mass is 10.2. The van der Waals surface area contributed by atoms with Crippen molar-refractivity contribution in [1.82, 2.24) is 9.80 Å². The highest BCUT2D eigenvalue weighted by molar-refractivity contribution is 6.30. The van der Waals surface area contributed by atoms with Gasteiger partial charge in [0.05, 0.1) is 0 Å². The highest BCUT2D eigenvalue weighted by Gasteiger charge is 2.16. The van der Waals surface area contributed by atoms with Gasteiger partial charge in [-0.25, -0.2) is 0 Å². The number of benzene rings is 1. The van der Waals surface area contributed by atoms with Crippen molar-refractivity contribution >= 4 is 23.3 Å². The maximum atomic E-state index is 11.1. The van der Waals surface area contributed by atoms with Crippen molar-refractivity contribution in [2.24, 2.45) is 0 Å². The van der Waals surface area contributed by atoms with E-state index in [1.807, 2.05) is 17.0 Å². The van der Waals surface area contributed by atoms with Crippen LogP contribution in [0, 0.1) is 0 Å². The molecular formula is C15H22ClN3O2. The van der Waals surface area contributed by atoms with Crippen LogP contribution in [0.25, 0.3) is 0 Å². The summed E-state index contributed by atoms with van der Waals surface area (Å²) in [5.74, 6) is -0.816. The monoisotopic (exact) mass is 311 g/mol. The lowest BCUT2D eigenvalue weighted by Crippen LogP contribution is -2.47. The van der Waals surface area contributed by atoms with E-state index in [2.05, 4.69) is 16.8 Å². The van der Waals surface area contributed by atoms with Gasteiger partial charge in [0.15, 0.2) is 0 Å². The number of carboxylic acids is 1. The number of nitrogens with zero attached hydrogens (tertiary/aromatic N) is 3. The number of piperazine rings is 1. The third-order valence-corrected chi connectivity index (χ3v) is 4.05. The Labute approximate surface area is 130 Å². The number of hydrogen-bond donors (Lipinski definition) is 1. The Kier molecular flexibility index (Phi) is 5.85. The van der Waals surface area contributed by atoms with E-state index in [-0.39, 0.29) is 6.54 Å². The molecular weight excluding hydrogens is 290 g/mol. The quantitative estimate of drug-likeness (QED) is 0.862. The number of carbonyl (C=O) groups is 1. The zero-order chi connectivity index (χ0) is 15.2. The van der Waals surface area contributed by atoms with Crippen LogP contribution >= 0.6 is 11.6 Å². The Balaban J connectivity index is 1.93. The van der Waals surface area contributed by atoms with Crippen molar-refractivity contribution in [3.05, 3.63) is 29.3 Å². The fraction of sp³-hybridized carbons (Fsp3) is 0.533. The van der Waals surface area contributed by atoms with Crippen molar-refractivity contribution in [3.63, 3.8) is 0 Å². The zero-order valence-corrected chi connectivity index (χ0v) is 13.1. The summed E-state index contributed by atoms with van der Waals surface area (Å²) in [4.78, 5) is 17.6. The summed E-state index contributed by atoms with van der Waals surface area (Å²) in [5.41, 5.74) is 0.899. The molecule has 21 heavy (non-hydrogen) atoms. The van der Waals surface area contributed by atoms with Crippen LogP contribution in [-0.4, -0.2) is 73.7 Å². The van der Waals surface area contributed by atoms with Gasteiger partial charge in [0, 0.05) is 50.0 Å². The van der Waals surface area contributed by atoms with E-state index >= 15 is 0 Å². The van der Waals surface area contributed by atoms with Gasteiger partial charge in [-0.3, -0.25) is 9.69 Å². The molecule has 116 valence electrons. The largest absolute Gasteiger partial charge is 0.480 e. The minimum absolute atomic E-state index is 0.00930. The molecule has 0 unspecified atom stereocenters. The normalized spacial score (nSPS) is 16.9. The molecule has 0 radical (unpaired) electrons. The second kappa shape index (κ2) is 7.64. The molecule has 1 aromatic carbocycles. The number of halogens is 1. The summed E-state index contributed by atoms with van der Waals surface area (Å²) in [6.45, 7) is 5.81. The van der Waals surface area contributed by atoms with Crippen molar-refractivity contribution in [2.45, 2.75) is 0 Å². The van der Waals surface area contributed by atoms with Gasteiger partial charge >= 0.3 is 5.97 Å². The molecule has 1 N–H and O–H groups in total. The molecule has 0 saturated carbocycles. The molecule has 1 aromatic rings. The van der Waals surface area contributed by atoms with Crippen LogP contribution in [0.15, 0.2) is 24.3 Å². The highest BCUT2D eigenvalue weighted by atomic mass is 35.5. The summed E-state index contributed by atoms with van der Waals surface area (Å²) in [7, 11) is 2.13. The molecule has 1 saturated heterocycles. The van der Waals surface area contributed by atoms with Crippen LogP contribution in [-0.2, 0) is 4.79 Å². The Morgan fingerprint density at radius 2 is 1.86 bits per heavy atom. The Morgan fingerprint density at radius 3 is 2.43 bits per heavy atom. The lowest BCUT2D eigenvalue weighted by molar-refractivity contribution is -0.135. The zero-order valence-electron chi connectivity index (χ0n) is 12.3. The minimum atomic E-state index is -0.816. The third-order valence-electron chi connectivity index (χ3n) is 3.80. The van der Waals surface area contributed by atoms with Gasteiger partial charge in [-0.05, 0) is 31.3 Å². The molecule has 1 fully saturated rings. The molecule has 0 aliphatic carbocycles. The molecule has 0 aromatic heterocycles. The molecule has 1 aliphatic heterocycles. The third kappa shape index (κ3) is 5.19. The lowest BCUT2D eigenvalue weighted by Gasteiger charge is -2.34. The Morgan fingerprint density at radius 1 is 1.24 bits per heavy atom. The summed E-state index contributed by atoms with van der Waals surface area (Å²) in [5, 5.41) is 9.74. The van der Waals surface area contributed by atoms with Crippen LogP contribution < -0.4 is 4.90 Å². The summed E-state index contributed by atoms with van der Waals surface area (Å²) in [6.07, 6.45) is 0. The van der Waals surface area contributed by atoms with Crippen LogP contribution in [0.3, 0.4) is 0 Å². The van der Waals surface area contributed by atoms with Gasteiger partial charge in [-0.2, -0.15) is 0 Å². The van der Waals surface area contributed by atoms with Crippen molar-refractivity contribution in [3.8, 4) is 0 Å². The minimum Gasteiger partial charge on any atom is -0.480 e. The summed E-state index contributed by atoms with van der Waals surface area (Å²) < 4.78 is 0. The standard InChI is InChI=1S/C15H22ClN3O2/c1-17-6-8-18(9-7-17)10-11-19(12-15(20)21)14-4-2-13(16)3-5-14/h2-5H,6-12H2,1H3,(H,20,21). The number of hydrogen-bond acceptors (Lipinski definition) is 4. The van der Waals surface area contributed by atoms with Gasteiger partial charge in [0.1, 0.15) is 6.54 Å². The van der Waals surface area contributed by atoms with Gasteiger partial charge in [0.25, 0.3) is 0 Å². The van der Waals surface area contributed by atoms with Crippen molar-refractivity contribution < 1.29 is 9.90 Å². The first kappa shape index (κ1) is 16.1. The molecule has 1 heterocycles.